The minimum absolute atomic E-state index is 0.0434. The number of phenolic OH excluding ortho intramolecular Hbond substituents is 1. The number of aliphatic carboxylic acids is 1. The molecule has 11 N–H and O–H groups in total. The maximum absolute atomic E-state index is 13.1. The van der Waals surface area contributed by atoms with Crippen LogP contribution >= 0.6 is 0 Å². The molecule has 4 atom stereocenters. The Morgan fingerprint density at radius 1 is 0.816 bits per heavy atom. The van der Waals surface area contributed by atoms with Crippen LogP contribution in [-0.2, 0) is 35.2 Å². The Balaban J connectivity index is 3.17. The van der Waals surface area contributed by atoms with Crippen LogP contribution in [0.25, 0.3) is 0 Å². The third kappa shape index (κ3) is 11.7. The summed E-state index contributed by atoms with van der Waals surface area (Å²) in [4.78, 5) is 72.9. The van der Waals surface area contributed by atoms with E-state index in [1.807, 2.05) is 13.8 Å². The number of phenols is 1. The number of aromatic hydroxyl groups is 1. The Labute approximate surface area is 219 Å². The highest BCUT2D eigenvalue weighted by atomic mass is 16.4. The third-order valence-electron chi connectivity index (χ3n) is 5.40. The number of carboxylic acids is 1. The zero-order valence-electron chi connectivity index (χ0n) is 21.3. The Bertz CT molecular complexity index is 1010. The van der Waals surface area contributed by atoms with Crippen LogP contribution in [0.2, 0.25) is 0 Å². The van der Waals surface area contributed by atoms with Crippen LogP contribution < -0.4 is 33.2 Å². The van der Waals surface area contributed by atoms with E-state index < -0.39 is 66.1 Å². The third-order valence-corrected chi connectivity index (χ3v) is 5.40. The number of rotatable bonds is 16. The number of hydrogen-bond acceptors (Lipinski definition) is 8. The molecule has 14 nitrogen and oxygen atoms in total. The quantitative estimate of drug-likeness (QED) is 0.116. The van der Waals surface area contributed by atoms with Gasteiger partial charge in [0.2, 0.25) is 29.5 Å². The molecule has 0 saturated heterocycles. The smallest absolute Gasteiger partial charge is 0.326 e. The first-order valence-electron chi connectivity index (χ1n) is 11.9. The average molecular weight is 537 g/mol. The molecular weight excluding hydrogens is 500 g/mol. The summed E-state index contributed by atoms with van der Waals surface area (Å²) in [7, 11) is 0. The Morgan fingerprint density at radius 3 is 1.84 bits per heavy atom. The van der Waals surface area contributed by atoms with Gasteiger partial charge in [-0.05, 0) is 36.5 Å². The first-order valence-corrected chi connectivity index (χ1v) is 11.9. The van der Waals surface area contributed by atoms with Gasteiger partial charge in [0.25, 0.3) is 0 Å². The normalized spacial score (nSPS) is 14.0. The van der Waals surface area contributed by atoms with Gasteiger partial charge in [-0.25, -0.2) is 4.79 Å². The van der Waals surface area contributed by atoms with Gasteiger partial charge in [0.05, 0.1) is 12.5 Å². The number of nitrogens with one attached hydrogen (secondary N) is 3. The Kier molecular flexibility index (Phi) is 12.7. The van der Waals surface area contributed by atoms with Gasteiger partial charge in [-0.15, -0.1) is 0 Å². The zero-order valence-corrected chi connectivity index (χ0v) is 21.3. The molecule has 0 aromatic heterocycles. The van der Waals surface area contributed by atoms with Gasteiger partial charge in [-0.3, -0.25) is 24.0 Å². The summed E-state index contributed by atoms with van der Waals surface area (Å²) in [6.45, 7) is 3.70. The number of carbonyl (C=O) groups excluding carboxylic acids is 5. The van der Waals surface area contributed by atoms with Crippen molar-refractivity contribution in [3.8, 4) is 5.75 Å². The topological polar surface area (TPSA) is 257 Å². The number of benzene rings is 1. The maximum Gasteiger partial charge on any atom is 0.326 e. The summed E-state index contributed by atoms with van der Waals surface area (Å²) >= 11 is 0. The standard InChI is InChI=1S/C24H36N6O8/c1-12(2)9-15(25)21(34)29-18(11-20(27)33)23(36)30-17(10-13-3-5-14(31)6-4-13)22(35)28-16(24(37)38)7-8-19(26)32/h3-6,12,15-18,31H,7-11,25H2,1-2H3,(H2,26,32)(H2,27,33)(H,28,35)(H,29,34)(H,30,36)(H,37,38). The fourth-order valence-electron chi connectivity index (χ4n) is 3.47. The molecule has 0 aliphatic carbocycles. The van der Waals surface area contributed by atoms with E-state index in [0.717, 1.165) is 0 Å². The SMILES string of the molecule is CC(C)CC(N)C(=O)NC(CC(N)=O)C(=O)NC(Cc1ccc(O)cc1)C(=O)NC(CCC(N)=O)C(=O)O. The number of primary amides is 2. The van der Waals surface area contributed by atoms with E-state index in [4.69, 9.17) is 17.2 Å². The fraction of sp³-hybridized carbons (Fsp3) is 0.500. The van der Waals surface area contributed by atoms with E-state index in [2.05, 4.69) is 16.0 Å². The van der Waals surface area contributed by atoms with Gasteiger partial charge in [-0.2, -0.15) is 0 Å². The fourth-order valence-corrected chi connectivity index (χ4v) is 3.47. The summed E-state index contributed by atoms with van der Waals surface area (Å²) in [6.07, 6.45) is -1.02. The molecule has 0 aliphatic heterocycles. The predicted molar refractivity (Wildman–Crippen MR) is 135 cm³/mol. The van der Waals surface area contributed by atoms with Crippen LogP contribution in [0.1, 0.15) is 45.1 Å². The van der Waals surface area contributed by atoms with Crippen molar-refractivity contribution in [2.75, 3.05) is 0 Å². The molecule has 1 aromatic rings. The van der Waals surface area contributed by atoms with Gasteiger partial charge in [0, 0.05) is 12.8 Å². The van der Waals surface area contributed by atoms with Crippen LogP contribution in [0.3, 0.4) is 0 Å². The number of carboxylic acid groups (broad SMARTS) is 1. The Hall–Kier alpha value is -4.20. The van der Waals surface area contributed by atoms with Crippen molar-refractivity contribution in [2.24, 2.45) is 23.1 Å². The highest BCUT2D eigenvalue weighted by Gasteiger charge is 2.31. The molecule has 38 heavy (non-hydrogen) atoms. The predicted octanol–water partition coefficient (Wildman–Crippen LogP) is -2.01. The number of amides is 5. The summed E-state index contributed by atoms with van der Waals surface area (Å²) in [5.74, 6) is -5.60. The number of hydrogen-bond donors (Lipinski definition) is 8. The average Bonchev–Trinajstić information content (AvgIpc) is 2.80. The summed E-state index contributed by atoms with van der Waals surface area (Å²) in [6, 6.07) is 0.392. The lowest BCUT2D eigenvalue weighted by Crippen LogP contribution is -2.58. The van der Waals surface area contributed by atoms with E-state index in [0.29, 0.717) is 12.0 Å². The van der Waals surface area contributed by atoms with Crippen molar-refractivity contribution in [3.63, 3.8) is 0 Å². The molecule has 1 aromatic carbocycles. The van der Waals surface area contributed by atoms with E-state index in [-0.39, 0.29) is 30.9 Å². The first-order chi connectivity index (χ1) is 17.7. The molecule has 0 heterocycles. The second kappa shape index (κ2) is 15.1. The molecular formula is C24H36N6O8. The molecule has 210 valence electrons. The van der Waals surface area contributed by atoms with Gasteiger partial charge in [-0.1, -0.05) is 26.0 Å². The number of nitrogens with two attached hydrogens (primary N) is 3. The molecule has 0 saturated carbocycles. The van der Waals surface area contributed by atoms with Crippen molar-refractivity contribution in [1.82, 2.24) is 16.0 Å². The van der Waals surface area contributed by atoms with Gasteiger partial charge < -0.3 is 43.4 Å². The Morgan fingerprint density at radius 2 is 1.34 bits per heavy atom. The largest absolute Gasteiger partial charge is 0.508 e. The van der Waals surface area contributed by atoms with Gasteiger partial charge in [0.1, 0.15) is 23.9 Å². The van der Waals surface area contributed by atoms with E-state index in [1.54, 1.807) is 0 Å². The number of carbonyl (C=O) groups is 6. The van der Waals surface area contributed by atoms with Crippen molar-refractivity contribution < 1.29 is 39.0 Å². The minimum atomic E-state index is -1.48. The van der Waals surface area contributed by atoms with Crippen LogP contribution in [0.15, 0.2) is 24.3 Å². The maximum atomic E-state index is 13.1. The van der Waals surface area contributed by atoms with Crippen molar-refractivity contribution in [1.29, 1.82) is 0 Å². The van der Waals surface area contributed by atoms with Crippen molar-refractivity contribution in [3.05, 3.63) is 29.8 Å². The van der Waals surface area contributed by atoms with Gasteiger partial charge in [0.15, 0.2) is 0 Å². The summed E-state index contributed by atoms with van der Waals surface area (Å²) < 4.78 is 0. The summed E-state index contributed by atoms with van der Waals surface area (Å²) in [5.41, 5.74) is 16.7. The minimum Gasteiger partial charge on any atom is -0.508 e. The second-order valence-electron chi connectivity index (χ2n) is 9.30. The molecule has 0 aliphatic rings. The zero-order chi connectivity index (χ0) is 29.0. The molecule has 0 radical (unpaired) electrons. The lowest BCUT2D eigenvalue weighted by atomic mass is 10.0. The molecule has 14 heteroatoms. The molecule has 0 bridgehead atoms. The van der Waals surface area contributed by atoms with E-state index >= 15 is 0 Å². The van der Waals surface area contributed by atoms with Crippen LogP contribution in [0, 0.1) is 5.92 Å². The molecule has 0 spiro atoms. The van der Waals surface area contributed by atoms with Crippen LogP contribution in [0.5, 0.6) is 5.75 Å². The van der Waals surface area contributed by atoms with Crippen LogP contribution in [0.4, 0.5) is 0 Å². The molecule has 4 unspecified atom stereocenters. The highest BCUT2D eigenvalue weighted by Crippen LogP contribution is 2.12. The highest BCUT2D eigenvalue weighted by molar-refractivity contribution is 5.96. The lowest BCUT2D eigenvalue weighted by molar-refractivity contribution is -0.142. The van der Waals surface area contributed by atoms with E-state index in [9.17, 15) is 39.0 Å². The van der Waals surface area contributed by atoms with E-state index in [1.165, 1.54) is 24.3 Å². The van der Waals surface area contributed by atoms with Crippen molar-refractivity contribution in [2.45, 2.75) is 70.1 Å². The molecule has 1 rings (SSSR count). The molecule has 5 amide bonds. The van der Waals surface area contributed by atoms with Gasteiger partial charge >= 0.3 is 5.97 Å². The lowest BCUT2D eigenvalue weighted by Gasteiger charge is -2.25. The van der Waals surface area contributed by atoms with Crippen molar-refractivity contribution >= 4 is 35.5 Å². The van der Waals surface area contributed by atoms with Crippen LogP contribution in [-0.4, -0.2) is 69.9 Å². The first kappa shape index (κ1) is 31.8. The monoisotopic (exact) mass is 536 g/mol. The second-order valence-corrected chi connectivity index (χ2v) is 9.30. The summed E-state index contributed by atoms with van der Waals surface area (Å²) in [5, 5.41) is 26.0. The molecule has 0 fully saturated rings.